The lowest BCUT2D eigenvalue weighted by molar-refractivity contribution is 0.339. The number of hydrogen-bond acceptors (Lipinski definition) is 0. The van der Waals surface area contributed by atoms with Gasteiger partial charge in [0.2, 0.25) is 0 Å². The average molecular weight is 254 g/mol. The van der Waals surface area contributed by atoms with Crippen molar-refractivity contribution >= 4 is 12.2 Å². The van der Waals surface area contributed by atoms with Crippen LogP contribution in [0.1, 0.15) is 62.5 Å². The Balaban J connectivity index is 1.78. The van der Waals surface area contributed by atoms with Crippen molar-refractivity contribution in [3.63, 3.8) is 0 Å². The lowest BCUT2D eigenvalue weighted by atomic mass is 9.84. The SMILES string of the molecule is Cc1ccc(CCC2CCCCC2)c2c1=CCCC=2. The summed E-state index contributed by atoms with van der Waals surface area (Å²) in [5.74, 6) is 0.998. The monoisotopic (exact) mass is 254 g/mol. The predicted octanol–water partition coefficient (Wildman–Crippen LogP) is 3.86. The van der Waals surface area contributed by atoms with Crippen LogP contribution in [0.3, 0.4) is 0 Å². The van der Waals surface area contributed by atoms with E-state index in [9.17, 15) is 0 Å². The minimum absolute atomic E-state index is 0.998. The highest BCUT2D eigenvalue weighted by molar-refractivity contribution is 5.44. The largest absolute Gasteiger partial charge is 0.0761 e. The van der Waals surface area contributed by atoms with E-state index in [0.29, 0.717) is 0 Å². The van der Waals surface area contributed by atoms with Gasteiger partial charge in [0.1, 0.15) is 0 Å². The van der Waals surface area contributed by atoms with E-state index < -0.39 is 0 Å². The van der Waals surface area contributed by atoms with Gasteiger partial charge in [-0.2, -0.15) is 0 Å². The molecular weight excluding hydrogens is 228 g/mol. The summed E-state index contributed by atoms with van der Waals surface area (Å²) >= 11 is 0. The van der Waals surface area contributed by atoms with E-state index in [2.05, 4.69) is 31.2 Å². The van der Waals surface area contributed by atoms with E-state index in [-0.39, 0.29) is 0 Å². The van der Waals surface area contributed by atoms with E-state index >= 15 is 0 Å². The summed E-state index contributed by atoms with van der Waals surface area (Å²) < 4.78 is 0. The predicted molar refractivity (Wildman–Crippen MR) is 83.5 cm³/mol. The lowest BCUT2D eigenvalue weighted by Gasteiger charge is -2.21. The quantitative estimate of drug-likeness (QED) is 0.768. The highest BCUT2D eigenvalue weighted by Crippen LogP contribution is 2.27. The Kier molecular flexibility index (Phi) is 4.06. The molecule has 0 spiro atoms. The highest BCUT2D eigenvalue weighted by Gasteiger charge is 2.13. The topological polar surface area (TPSA) is 0 Å². The summed E-state index contributed by atoms with van der Waals surface area (Å²) in [4.78, 5) is 0. The maximum Gasteiger partial charge on any atom is -0.0192 e. The number of rotatable bonds is 3. The van der Waals surface area contributed by atoms with Gasteiger partial charge in [0.05, 0.1) is 0 Å². The van der Waals surface area contributed by atoms with E-state index in [1.807, 2.05) is 0 Å². The summed E-state index contributed by atoms with van der Waals surface area (Å²) in [5, 5.41) is 3.08. The van der Waals surface area contributed by atoms with Gasteiger partial charge in [-0.3, -0.25) is 0 Å². The number of benzene rings is 1. The third kappa shape index (κ3) is 2.94. The van der Waals surface area contributed by atoms with Crippen LogP contribution in [0.2, 0.25) is 0 Å². The molecule has 19 heavy (non-hydrogen) atoms. The van der Waals surface area contributed by atoms with Crippen LogP contribution in [-0.2, 0) is 6.42 Å². The van der Waals surface area contributed by atoms with E-state index in [4.69, 9.17) is 0 Å². The molecule has 0 heteroatoms. The number of fused-ring (bicyclic) bond motifs is 1. The molecule has 0 atom stereocenters. The first kappa shape index (κ1) is 13.0. The van der Waals surface area contributed by atoms with Gasteiger partial charge in [0.15, 0.2) is 0 Å². The molecule has 0 saturated heterocycles. The molecule has 2 aliphatic rings. The van der Waals surface area contributed by atoms with Crippen molar-refractivity contribution < 1.29 is 0 Å². The number of hydrogen-bond donors (Lipinski definition) is 0. The molecular formula is C19H26. The Bertz CT molecular complexity index is 544. The van der Waals surface area contributed by atoms with Crippen LogP contribution in [0, 0.1) is 12.8 Å². The van der Waals surface area contributed by atoms with Crippen molar-refractivity contribution in [2.24, 2.45) is 5.92 Å². The van der Waals surface area contributed by atoms with Gasteiger partial charge in [-0.15, -0.1) is 0 Å². The maximum atomic E-state index is 2.47. The molecule has 0 heterocycles. The van der Waals surface area contributed by atoms with Gasteiger partial charge < -0.3 is 0 Å². The molecule has 1 aromatic carbocycles. The molecule has 3 rings (SSSR count). The Hall–Kier alpha value is -1.04. The maximum absolute atomic E-state index is 2.47. The summed E-state index contributed by atoms with van der Waals surface area (Å²) in [5.41, 5.74) is 3.05. The van der Waals surface area contributed by atoms with Crippen molar-refractivity contribution in [3.05, 3.63) is 33.7 Å². The highest BCUT2D eigenvalue weighted by atomic mass is 14.2. The van der Waals surface area contributed by atoms with E-state index in [1.165, 1.54) is 68.6 Å². The Morgan fingerprint density at radius 3 is 2.47 bits per heavy atom. The van der Waals surface area contributed by atoms with E-state index in [0.717, 1.165) is 5.92 Å². The van der Waals surface area contributed by atoms with Crippen LogP contribution in [-0.4, -0.2) is 0 Å². The zero-order chi connectivity index (χ0) is 13.1. The molecule has 0 N–H and O–H groups in total. The van der Waals surface area contributed by atoms with Crippen LogP contribution in [0.15, 0.2) is 12.1 Å². The third-order valence-electron chi connectivity index (χ3n) is 5.01. The first-order chi connectivity index (χ1) is 9.34. The summed E-state index contributed by atoms with van der Waals surface area (Å²) in [7, 11) is 0. The smallest absolute Gasteiger partial charge is 0.0192 e. The molecule has 0 amide bonds. The van der Waals surface area contributed by atoms with Crippen molar-refractivity contribution in [3.8, 4) is 0 Å². The second-order valence-corrected chi connectivity index (χ2v) is 6.40. The molecule has 0 aromatic heterocycles. The molecule has 1 aromatic rings. The van der Waals surface area contributed by atoms with Gasteiger partial charge in [0, 0.05) is 0 Å². The molecule has 0 aliphatic heterocycles. The molecule has 0 unspecified atom stereocenters. The summed E-state index contributed by atoms with van der Waals surface area (Å²) in [6.07, 6.45) is 17.4. The van der Waals surface area contributed by atoms with Crippen molar-refractivity contribution in [2.75, 3.05) is 0 Å². The zero-order valence-electron chi connectivity index (χ0n) is 12.3. The van der Waals surface area contributed by atoms with Crippen LogP contribution in [0.25, 0.3) is 12.2 Å². The lowest BCUT2D eigenvalue weighted by Crippen LogP contribution is -2.33. The molecule has 0 nitrogen and oxygen atoms in total. The van der Waals surface area contributed by atoms with Crippen LogP contribution in [0.5, 0.6) is 0 Å². The number of aryl methyl sites for hydroxylation is 2. The van der Waals surface area contributed by atoms with Gasteiger partial charge >= 0.3 is 0 Å². The van der Waals surface area contributed by atoms with Crippen LogP contribution in [0.4, 0.5) is 0 Å². The molecule has 0 bridgehead atoms. The second-order valence-electron chi connectivity index (χ2n) is 6.40. The molecule has 0 radical (unpaired) electrons. The second kappa shape index (κ2) is 5.94. The Morgan fingerprint density at radius 2 is 1.68 bits per heavy atom. The normalized spacial score (nSPS) is 19.4. The van der Waals surface area contributed by atoms with Gasteiger partial charge in [-0.05, 0) is 60.1 Å². The van der Waals surface area contributed by atoms with Gasteiger partial charge in [0.25, 0.3) is 0 Å². The minimum atomic E-state index is 0.998. The standard InChI is InChI=1S/C19H26/c1-15-11-13-17(19-10-6-5-9-18(15)19)14-12-16-7-3-2-4-8-16/h9-11,13,16H,2-8,12,14H2,1H3. The average Bonchev–Trinajstić information content (AvgIpc) is 2.48. The first-order valence-electron chi connectivity index (χ1n) is 8.13. The van der Waals surface area contributed by atoms with Crippen molar-refractivity contribution in [2.45, 2.75) is 64.7 Å². The van der Waals surface area contributed by atoms with Crippen LogP contribution < -0.4 is 10.4 Å². The summed E-state index contributed by atoms with van der Waals surface area (Å²) in [6.45, 7) is 2.25. The van der Waals surface area contributed by atoms with E-state index in [1.54, 1.807) is 10.8 Å². The zero-order valence-corrected chi connectivity index (χ0v) is 12.3. The fourth-order valence-corrected chi connectivity index (χ4v) is 3.81. The fraction of sp³-hybridized carbons (Fsp3) is 0.579. The Morgan fingerprint density at radius 1 is 0.947 bits per heavy atom. The summed E-state index contributed by atoms with van der Waals surface area (Å²) in [6, 6.07) is 4.71. The van der Waals surface area contributed by atoms with Crippen molar-refractivity contribution in [1.29, 1.82) is 0 Å². The molecule has 2 aliphatic carbocycles. The van der Waals surface area contributed by atoms with Gasteiger partial charge in [-0.25, -0.2) is 0 Å². The van der Waals surface area contributed by atoms with Crippen LogP contribution >= 0.6 is 0 Å². The third-order valence-corrected chi connectivity index (χ3v) is 5.01. The van der Waals surface area contributed by atoms with Gasteiger partial charge in [-0.1, -0.05) is 56.4 Å². The molecule has 102 valence electrons. The Labute approximate surface area is 117 Å². The molecule has 1 saturated carbocycles. The fourth-order valence-electron chi connectivity index (χ4n) is 3.81. The van der Waals surface area contributed by atoms with Crippen molar-refractivity contribution in [1.82, 2.24) is 0 Å². The molecule has 1 fully saturated rings. The minimum Gasteiger partial charge on any atom is -0.0761 e. The first-order valence-corrected chi connectivity index (χ1v) is 8.13.